The molecule has 0 unspecified atom stereocenters. The Morgan fingerprint density at radius 2 is 1.69 bits per heavy atom. The van der Waals surface area contributed by atoms with Gasteiger partial charge in [0.05, 0.1) is 12.2 Å². The van der Waals surface area contributed by atoms with E-state index in [0.29, 0.717) is 6.61 Å². The molecule has 3 heteroatoms. The lowest BCUT2D eigenvalue weighted by Gasteiger charge is -2.07. The first-order valence-electron chi connectivity index (χ1n) is 5.84. The van der Waals surface area contributed by atoms with Crippen LogP contribution in [0.2, 0.25) is 0 Å². The summed E-state index contributed by atoms with van der Waals surface area (Å²) in [5.74, 6) is 4.98. The van der Waals surface area contributed by atoms with E-state index in [4.69, 9.17) is 5.90 Å². The van der Waals surface area contributed by atoms with Crippen LogP contribution in [0.25, 0.3) is 0 Å². The van der Waals surface area contributed by atoms with Gasteiger partial charge in [-0.05, 0) is 43.2 Å². The molecule has 1 aromatic rings. The molecular weight excluding hydrogens is 202 g/mol. The highest BCUT2D eigenvalue weighted by Crippen LogP contribution is 2.39. The summed E-state index contributed by atoms with van der Waals surface area (Å²) in [4.78, 5) is 4.54. The quantitative estimate of drug-likeness (QED) is 0.717. The van der Waals surface area contributed by atoms with E-state index in [-0.39, 0.29) is 5.60 Å². The van der Waals surface area contributed by atoms with Crippen molar-refractivity contribution in [3.05, 3.63) is 35.4 Å². The van der Waals surface area contributed by atoms with Crippen LogP contribution in [0.5, 0.6) is 0 Å². The molecule has 0 aliphatic heterocycles. The first-order chi connectivity index (χ1) is 7.72. The molecule has 0 bridgehead atoms. The van der Waals surface area contributed by atoms with Gasteiger partial charge in [-0.3, -0.25) is 0 Å². The first kappa shape index (κ1) is 11.6. The van der Waals surface area contributed by atoms with Gasteiger partial charge in [-0.25, -0.2) is 5.90 Å². The van der Waals surface area contributed by atoms with Crippen LogP contribution >= 0.6 is 0 Å². The summed E-state index contributed by atoms with van der Waals surface area (Å²) in [5, 5.41) is 9.73. The van der Waals surface area contributed by atoms with Gasteiger partial charge in [0, 0.05) is 0 Å². The lowest BCUT2D eigenvalue weighted by Crippen LogP contribution is -2.07. The molecule has 88 valence electrons. The standard InChI is InChI=1S/C13H19NO2/c14-16-10-6-12-3-1-11(2-4-12)5-7-13(15)8-9-13/h1-4,15H,5-10,14H2. The van der Waals surface area contributed by atoms with Crippen LogP contribution in [0, 0.1) is 0 Å². The second-order valence-corrected chi connectivity index (χ2v) is 4.66. The van der Waals surface area contributed by atoms with Gasteiger partial charge in [0.1, 0.15) is 0 Å². The Labute approximate surface area is 96.2 Å². The van der Waals surface area contributed by atoms with Crippen molar-refractivity contribution in [3.63, 3.8) is 0 Å². The molecule has 1 fully saturated rings. The number of nitrogens with two attached hydrogens (primary N) is 1. The Bertz CT molecular complexity index is 330. The smallest absolute Gasteiger partial charge is 0.0719 e. The van der Waals surface area contributed by atoms with E-state index in [2.05, 4.69) is 29.1 Å². The van der Waals surface area contributed by atoms with Crippen molar-refractivity contribution in [1.82, 2.24) is 0 Å². The number of aliphatic hydroxyl groups is 1. The molecule has 1 aromatic carbocycles. The summed E-state index contributed by atoms with van der Waals surface area (Å²) in [6.07, 6.45) is 4.64. The van der Waals surface area contributed by atoms with E-state index in [9.17, 15) is 5.11 Å². The molecule has 3 N–H and O–H groups in total. The van der Waals surface area contributed by atoms with Gasteiger partial charge in [0.2, 0.25) is 0 Å². The summed E-state index contributed by atoms with van der Waals surface area (Å²) in [6, 6.07) is 8.45. The maximum atomic E-state index is 9.73. The highest BCUT2D eigenvalue weighted by molar-refractivity contribution is 5.23. The number of benzene rings is 1. The van der Waals surface area contributed by atoms with Gasteiger partial charge in [-0.15, -0.1) is 0 Å². The topological polar surface area (TPSA) is 55.5 Å². The SMILES string of the molecule is NOCCc1ccc(CCC2(O)CC2)cc1. The maximum Gasteiger partial charge on any atom is 0.0719 e. The van der Waals surface area contributed by atoms with Gasteiger partial charge in [0.25, 0.3) is 0 Å². The fraction of sp³-hybridized carbons (Fsp3) is 0.538. The van der Waals surface area contributed by atoms with Crippen molar-refractivity contribution >= 4 is 0 Å². The number of hydrogen-bond acceptors (Lipinski definition) is 3. The van der Waals surface area contributed by atoms with Gasteiger partial charge >= 0.3 is 0 Å². The van der Waals surface area contributed by atoms with Crippen LogP contribution in [0.1, 0.15) is 30.4 Å². The molecule has 0 radical (unpaired) electrons. The first-order valence-corrected chi connectivity index (χ1v) is 5.84. The average Bonchev–Trinajstić information content (AvgIpc) is 3.04. The van der Waals surface area contributed by atoms with Gasteiger partial charge in [-0.1, -0.05) is 24.3 Å². The molecule has 0 atom stereocenters. The van der Waals surface area contributed by atoms with Crippen molar-refractivity contribution in [3.8, 4) is 0 Å². The third-order valence-electron chi connectivity index (χ3n) is 3.24. The second kappa shape index (κ2) is 4.95. The zero-order valence-electron chi connectivity index (χ0n) is 9.48. The third-order valence-corrected chi connectivity index (χ3v) is 3.24. The molecule has 1 aliphatic carbocycles. The predicted molar refractivity (Wildman–Crippen MR) is 62.8 cm³/mol. The fourth-order valence-corrected chi connectivity index (χ4v) is 1.82. The summed E-state index contributed by atoms with van der Waals surface area (Å²) in [5.41, 5.74) is 2.18. The minimum Gasteiger partial charge on any atom is -0.390 e. The molecule has 0 saturated heterocycles. The summed E-state index contributed by atoms with van der Waals surface area (Å²) < 4.78 is 0. The lowest BCUT2D eigenvalue weighted by molar-refractivity contribution is 0.140. The second-order valence-electron chi connectivity index (χ2n) is 4.66. The van der Waals surface area contributed by atoms with Gasteiger partial charge < -0.3 is 9.94 Å². The highest BCUT2D eigenvalue weighted by Gasteiger charge is 2.39. The van der Waals surface area contributed by atoms with Crippen LogP contribution in [0.4, 0.5) is 0 Å². The minimum atomic E-state index is -0.341. The van der Waals surface area contributed by atoms with Gasteiger partial charge in [-0.2, -0.15) is 0 Å². The number of rotatable bonds is 6. The van der Waals surface area contributed by atoms with Crippen molar-refractivity contribution in [1.29, 1.82) is 0 Å². The molecule has 0 heterocycles. The Kier molecular flexibility index (Phi) is 3.59. The zero-order chi connectivity index (χ0) is 11.4. The molecule has 0 aromatic heterocycles. The van der Waals surface area contributed by atoms with Crippen LogP contribution < -0.4 is 5.90 Å². The Morgan fingerprint density at radius 3 is 2.19 bits per heavy atom. The molecule has 2 rings (SSSR count). The van der Waals surface area contributed by atoms with Gasteiger partial charge in [0.15, 0.2) is 0 Å². The van der Waals surface area contributed by atoms with E-state index in [1.165, 1.54) is 11.1 Å². The van der Waals surface area contributed by atoms with Crippen LogP contribution in [0.3, 0.4) is 0 Å². The lowest BCUT2D eigenvalue weighted by atomic mass is 10.0. The van der Waals surface area contributed by atoms with Crippen LogP contribution in [0.15, 0.2) is 24.3 Å². The van der Waals surface area contributed by atoms with E-state index < -0.39 is 0 Å². The Balaban J connectivity index is 1.81. The van der Waals surface area contributed by atoms with Crippen molar-refractivity contribution in [2.45, 2.75) is 37.7 Å². The molecule has 1 aliphatic rings. The predicted octanol–water partition coefficient (Wildman–Crippen LogP) is 1.58. The Hall–Kier alpha value is -0.900. The highest BCUT2D eigenvalue weighted by atomic mass is 16.6. The van der Waals surface area contributed by atoms with E-state index in [0.717, 1.165) is 32.1 Å². The molecular formula is C13H19NO2. The largest absolute Gasteiger partial charge is 0.390 e. The molecule has 1 saturated carbocycles. The summed E-state index contributed by atoms with van der Waals surface area (Å²) in [6.45, 7) is 0.555. The zero-order valence-corrected chi connectivity index (χ0v) is 9.48. The summed E-state index contributed by atoms with van der Waals surface area (Å²) in [7, 11) is 0. The normalized spacial score (nSPS) is 17.4. The molecule has 0 amide bonds. The summed E-state index contributed by atoms with van der Waals surface area (Å²) >= 11 is 0. The third kappa shape index (κ3) is 3.30. The fourth-order valence-electron chi connectivity index (χ4n) is 1.82. The monoisotopic (exact) mass is 221 g/mol. The van der Waals surface area contributed by atoms with Crippen LogP contribution in [-0.2, 0) is 17.7 Å². The Morgan fingerprint density at radius 1 is 1.12 bits per heavy atom. The van der Waals surface area contributed by atoms with E-state index in [1.807, 2.05) is 0 Å². The number of aryl methyl sites for hydroxylation is 1. The molecule has 0 spiro atoms. The molecule has 16 heavy (non-hydrogen) atoms. The maximum absolute atomic E-state index is 9.73. The van der Waals surface area contributed by atoms with Crippen molar-refractivity contribution in [2.75, 3.05) is 6.61 Å². The average molecular weight is 221 g/mol. The van der Waals surface area contributed by atoms with Crippen LogP contribution in [-0.4, -0.2) is 17.3 Å². The molecule has 3 nitrogen and oxygen atoms in total. The number of hydrogen-bond donors (Lipinski definition) is 2. The van der Waals surface area contributed by atoms with Crippen molar-refractivity contribution < 1.29 is 9.94 Å². The van der Waals surface area contributed by atoms with E-state index >= 15 is 0 Å². The minimum absolute atomic E-state index is 0.341. The van der Waals surface area contributed by atoms with Crippen molar-refractivity contribution in [2.24, 2.45) is 5.90 Å². The van der Waals surface area contributed by atoms with E-state index in [1.54, 1.807) is 0 Å².